The monoisotopic (exact) mass is 288 g/mol. The van der Waals surface area contributed by atoms with Crippen LogP contribution in [0.5, 0.6) is 0 Å². The molecule has 0 fully saturated rings. The van der Waals surface area contributed by atoms with Gasteiger partial charge in [0.05, 0.1) is 18.1 Å². The Bertz CT molecular complexity index is 269. The number of hydrogen-bond acceptors (Lipinski definition) is 5. The Morgan fingerprint density at radius 3 is 1.80 bits per heavy atom. The second-order valence-electron chi connectivity index (χ2n) is 5.24. The van der Waals surface area contributed by atoms with Gasteiger partial charge in [0, 0.05) is 6.61 Å². The molecule has 2 unspecified atom stereocenters. The van der Waals surface area contributed by atoms with Crippen LogP contribution in [0.15, 0.2) is 0 Å². The van der Waals surface area contributed by atoms with Crippen molar-refractivity contribution in [2.75, 3.05) is 6.61 Å². The molecule has 0 aliphatic heterocycles. The standard InChI is InChI=1S/C15H28O5/c1-7-9-12(14(16)19-10(3)4)13(18-8-2)15(17)20-11(5)6/h10-13H,7-9H2,1-6H3. The highest BCUT2D eigenvalue weighted by atomic mass is 16.6. The molecule has 0 radical (unpaired) electrons. The molecule has 0 saturated carbocycles. The average molecular weight is 288 g/mol. The summed E-state index contributed by atoms with van der Waals surface area (Å²) in [7, 11) is 0. The zero-order valence-corrected chi connectivity index (χ0v) is 13.5. The summed E-state index contributed by atoms with van der Waals surface area (Å²) < 4.78 is 15.8. The topological polar surface area (TPSA) is 61.8 Å². The molecule has 118 valence electrons. The van der Waals surface area contributed by atoms with E-state index in [0.717, 1.165) is 6.42 Å². The Labute approximate surface area is 122 Å². The van der Waals surface area contributed by atoms with Crippen molar-refractivity contribution in [3.05, 3.63) is 0 Å². The highest BCUT2D eigenvalue weighted by molar-refractivity contribution is 5.84. The first kappa shape index (κ1) is 18.9. The van der Waals surface area contributed by atoms with Crippen LogP contribution in [0.2, 0.25) is 0 Å². The molecule has 2 atom stereocenters. The second kappa shape index (κ2) is 9.75. The average Bonchev–Trinajstić information content (AvgIpc) is 2.31. The number of carbonyl (C=O) groups excluding carboxylic acids is 2. The Morgan fingerprint density at radius 2 is 1.40 bits per heavy atom. The molecule has 0 N–H and O–H groups in total. The molecule has 0 heterocycles. The van der Waals surface area contributed by atoms with Gasteiger partial charge < -0.3 is 14.2 Å². The van der Waals surface area contributed by atoms with Gasteiger partial charge in [-0.3, -0.25) is 4.79 Å². The molecular weight excluding hydrogens is 260 g/mol. The van der Waals surface area contributed by atoms with E-state index in [1.54, 1.807) is 34.6 Å². The number of ether oxygens (including phenoxy) is 3. The molecular formula is C15H28O5. The lowest BCUT2D eigenvalue weighted by Gasteiger charge is -2.25. The summed E-state index contributed by atoms with van der Waals surface area (Å²) >= 11 is 0. The zero-order valence-electron chi connectivity index (χ0n) is 13.5. The van der Waals surface area contributed by atoms with Gasteiger partial charge in [0.25, 0.3) is 0 Å². The normalized spacial score (nSPS) is 14.2. The molecule has 0 aromatic heterocycles. The van der Waals surface area contributed by atoms with Crippen molar-refractivity contribution < 1.29 is 23.8 Å². The fourth-order valence-electron chi connectivity index (χ4n) is 1.85. The maximum atomic E-state index is 12.1. The molecule has 0 aliphatic carbocycles. The summed E-state index contributed by atoms with van der Waals surface area (Å²) in [5, 5.41) is 0. The maximum Gasteiger partial charge on any atom is 0.336 e. The molecule has 20 heavy (non-hydrogen) atoms. The predicted octanol–water partition coefficient (Wildman–Crippen LogP) is 2.71. The van der Waals surface area contributed by atoms with Crippen molar-refractivity contribution in [3.63, 3.8) is 0 Å². The van der Waals surface area contributed by atoms with E-state index in [1.807, 2.05) is 6.92 Å². The Hall–Kier alpha value is -1.10. The highest BCUT2D eigenvalue weighted by Crippen LogP contribution is 2.20. The van der Waals surface area contributed by atoms with Gasteiger partial charge >= 0.3 is 11.9 Å². The first-order valence-electron chi connectivity index (χ1n) is 7.35. The van der Waals surface area contributed by atoms with Gasteiger partial charge in [0.1, 0.15) is 0 Å². The Balaban J connectivity index is 5.01. The summed E-state index contributed by atoms with van der Waals surface area (Å²) in [6, 6.07) is 0. The molecule has 5 nitrogen and oxygen atoms in total. The van der Waals surface area contributed by atoms with Crippen LogP contribution in [-0.2, 0) is 23.8 Å². The predicted molar refractivity (Wildman–Crippen MR) is 76.3 cm³/mol. The summed E-state index contributed by atoms with van der Waals surface area (Å²) in [6.07, 6.45) is -0.0625. The molecule has 0 spiro atoms. The molecule has 0 saturated heterocycles. The minimum atomic E-state index is -0.895. The molecule has 0 rings (SSSR count). The van der Waals surface area contributed by atoms with Crippen LogP contribution in [-0.4, -0.2) is 36.9 Å². The quantitative estimate of drug-likeness (QED) is 0.610. The molecule has 0 amide bonds. The summed E-state index contributed by atoms with van der Waals surface area (Å²) in [5.74, 6) is -1.52. The van der Waals surface area contributed by atoms with E-state index >= 15 is 0 Å². The van der Waals surface area contributed by atoms with E-state index < -0.39 is 24.0 Å². The smallest absolute Gasteiger partial charge is 0.336 e. The largest absolute Gasteiger partial charge is 0.463 e. The third-order valence-electron chi connectivity index (χ3n) is 2.55. The van der Waals surface area contributed by atoms with E-state index in [2.05, 4.69) is 0 Å². The lowest BCUT2D eigenvalue weighted by Crippen LogP contribution is -2.40. The van der Waals surface area contributed by atoms with E-state index in [4.69, 9.17) is 14.2 Å². The fraction of sp³-hybridized carbons (Fsp3) is 0.867. The lowest BCUT2D eigenvalue weighted by atomic mass is 9.96. The summed E-state index contributed by atoms with van der Waals surface area (Å²) in [5.41, 5.74) is 0. The van der Waals surface area contributed by atoms with E-state index in [9.17, 15) is 9.59 Å². The number of rotatable bonds is 9. The molecule has 0 aromatic rings. The minimum Gasteiger partial charge on any atom is -0.463 e. The van der Waals surface area contributed by atoms with Crippen LogP contribution >= 0.6 is 0 Å². The molecule has 0 aromatic carbocycles. The number of esters is 2. The van der Waals surface area contributed by atoms with Gasteiger partial charge in [-0.1, -0.05) is 13.3 Å². The van der Waals surface area contributed by atoms with E-state index in [1.165, 1.54) is 0 Å². The molecule has 0 aliphatic rings. The van der Waals surface area contributed by atoms with Crippen LogP contribution < -0.4 is 0 Å². The van der Waals surface area contributed by atoms with Crippen molar-refractivity contribution in [2.24, 2.45) is 5.92 Å². The van der Waals surface area contributed by atoms with Crippen LogP contribution in [0.4, 0.5) is 0 Å². The number of hydrogen-bond donors (Lipinski definition) is 0. The molecule has 0 bridgehead atoms. The van der Waals surface area contributed by atoms with E-state index in [0.29, 0.717) is 13.0 Å². The maximum absolute atomic E-state index is 12.1. The zero-order chi connectivity index (χ0) is 15.7. The van der Waals surface area contributed by atoms with E-state index in [-0.39, 0.29) is 12.2 Å². The van der Waals surface area contributed by atoms with Gasteiger partial charge in [-0.15, -0.1) is 0 Å². The van der Waals surface area contributed by atoms with Crippen LogP contribution in [0.1, 0.15) is 54.4 Å². The van der Waals surface area contributed by atoms with Gasteiger partial charge in [0.2, 0.25) is 0 Å². The van der Waals surface area contributed by atoms with Crippen molar-refractivity contribution in [3.8, 4) is 0 Å². The van der Waals surface area contributed by atoms with Crippen LogP contribution in [0.3, 0.4) is 0 Å². The van der Waals surface area contributed by atoms with Gasteiger partial charge in [-0.25, -0.2) is 4.79 Å². The van der Waals surface area contributed by atoms with Crippen molar-refractivity contribution in [1.82, 2.24) is 0 Å². The Morgan fingerprint density at radius 1 is 0.900 bits per heavy atom. The van der Waals surface area contributed by atoms with Crippen molar-refractivity contribution in [1.29, 1.82) is 0 Å². The molecule has 5 heteroatoms. The minimum absolute atomic E-state index is 0.217. The second-order valence-corrected chi connectivity index (χ2v) is 5.24. The third kappa shape index (κ3) is 6.89. The van der Waals surface area contributed by atoms with Crippen molar-refractivity contribution in [2.45, 2.75) is 72.7 Å². The van der Waals surface area contributed by atoms with Crippen LogP contribution in [0.25, 0.3) is 0 Å². The first-order valence-corrected chi connectivity index (χ1v) is 7.35. The Kier molecular flexibility index (Phi) is 9.21. The van der Waals surface area contributed by atoms with Crippen molar-refractivity contribution >= 4 is 11.9 Å². The summed E-state index contributed by atoms with van der Waals surface area (Å²) in [6.45, 7) is 11.2. The third-order valence-corrected chi connectivity index (χ3v) is 2.55. The highest BCUT2D eigenvalue weighted by Gasteiger charge is 2.36. The number of carbonyl (C=O) groups is 2. The lowest BCUT2D eigenvalue weighted by molar-refractivity contribution is -0.175. The van der Waals surface area contributed by atoms with Gasteiger partial charge in [-0.05, 0) is 41.0 Å². The van der Waals surface area contributed by atoms with Gasteiger partial charge in [0.15, 0.2) is 6.10 Å². The van der Waals surface area contributed by atoms with Gasteiger partial charge in [-0.2, -0.15) is 0 Å². The van der Waals surface area contributed by atoms with Crippen LogP contribution in [0, 0.1) is 5.92 Å². The SMILES string of the molecule is CCCC(C(=O)OC(C)C)C(OCC)C(=O)OC(C)C. The summed E-state index contributed by atoms with van der Waals surface area (Å²) in [4.78, 5) is 24.2. The fourth-order valence-corrected chi connectivity index (χ4v) is 1.85. The first-order chi connectivity index (χ1) is 9.33.